The summed E-state index contributed by atoms with van der Waals surface area (Å²) in [5.41, 5.74) is 5.63. The molecule has 0 bridgehead atoms. The molecule has 0 saturated carbocycles. The largest absolute Gasteiger partial charge is 0.492 e. The fraction of sp³-hybridized carbons (Fsp3) is 0.250. The summed E-state index contributed by atoms with van der Waals surface area (Å²) in [4.78, 5) is 0. The van der Waals surface area contributed by atoms with Gasteiger partial charge in [-0.2, -0.15) is 18.3 Å². The quantitative estimate of drug-likeness (QED) is 0.873. The van der Waals surface area contributed by atoms with Gasteiger partial charge in [0.05, 0.1) is 24.1 Å². The van der Waals surface area contributed by atoms with Crippen LogP contribution in [0.15, 0.2) is 30.6 Å². The van der Waals surface area contributed by atoms with Gasteiger partial charge in [0.2, 0.25) is 0 Å². The number of aromatic nitrogens is 2. The van der Waals surface area contributed by atoms with Crippen molar-refractivity contribution in [2.75, 3.05) is 12.3 Å². The molecule has 0 spiro atoms. The number of nitrogens with zero attached hydrogens (tertiary/aromatic N) is 2. The lowest BCUT2D eigenvalue weighted by Crippen LogP contribution is -2.05. The van der Waals surface area contributed by atoms with E-state index < -0.39 is 11.7 Å². The van der Waals surface area contributed by atoms with Crippen molar-refractivity contribution in [1.82, 2.24) is 9.78 Å². The van der Waals surface area contributed by atoms with Crippen LogP contribution in [0.5, 0.6) is 5.75 Å². The van der Waals surface area contributed by atoms with Crippen LogP contribution >= 0.6 is 0 Å². The Morgan fingerprint density at radius 1 is 1.37 bits per heavy atom. The lowest BCUT2D eigenvalue weighted by atomic mass is 10.2. The second kappa shape index (κ2) is 4.83. The number of anilines is 1. The maximum Gasteiger partial charge on any atom is 0.419 e. The number of halogens is 3. The van der Waals surface area contributed by atoms with Crippen molar-refractivity contribution < 1.29 is 17.9 Å². The third-order valence-corrected chi connectivity index (χ3v) is 2.50. The number of ether oxygens (including phenoxy) is 1. The van der Waals surface area contributed by atoms with E-state index in [4.69, 9.17) is 10.5 Å². The van der Waals surface area contributed by atoms with E-state index in [-0.39, 0.29) is 5.69 Å². The minimum absolute atomic E-state index is 0.251. The first-order chi connectivity index (χ1) is 8.93. The minimum atomic E-state index is -4.43. The number of alkyl halides is 3. The number of hydrogen-bond acceptors (Lipinski definition) is 3. The highest BCUT2D eigenvalue weighted by Crippen LogP contribution is 2.32. The molecule has 1 aromatic carbocycles. The average molecular weight is 271 g/mol. The Balaban J connectivity index is 2.42. The Hall–Kier alpha value is -2.18. The van der Waals surface area contributed by atoms with Crippen LogP contribution in [-0.2, 0) is 6.18 Å². The van der Waals surface area contributed by atoms with E-state index in [9.17, 15) is 13.2 Å². The SMILES string of the molecule is CCOc1cccc(-n2cc(C(F)(F)F)cn2)c1N. The van der Waals surface area contributed by atoms with Gasteiger partial charge in [-0.1, -0.05) is 6.07 Å². The summed E-state index contributed by atoms with van der Waals surface area (Å²) in [7, 11) is 0. The van der Waals surface area contributed by atoms with E-state index in [0.717, 1.165) is 17.1 Å². The number of hydrogen-bond donors (Lipinski definition) is 1. The van der Waals surface area contributed by atoms with Gasteiger partial charge in [-0.15, -0.1) is 0 Å². The van der Waals surface area contributed by atoms with Crippen molar-refractivity contribution in [1.29, 1.82) is 0 Å². The molecule has 0 amide bonds. The normalized spacial score (nSPS) is 11.6. The Kier molecular flexibility index (Phi) is 3.37. The van der Waals surface area contributed by atoms with Gasteiger partial charge in [-0.3, -0.25) is 0 Å². The molecule has 2 N–H and O–H groups in total. The molecule has 0 aliphatic carbocycles. The zero-order chi connectivity index (χ0) is 14.0. The summed E-state index contributed by atoms with van der Waals surface area (Å²) in [6.45, 7) is 2.21. The van der Waals surface area contributed by atoms with Crippen LogP contribution in [0.3, 0.4) is 0 Å². The van der Waals surface area contributed by atoms with Crippen LogP contribution in [0.25, 0.3) is 5.69 Å². The van der Waals surface area contributed by atoms with Gasteiger partial charge in [0.15, 0.2) is 0 Å². The molecule has 2 rings (SSSR count). The van der Waals surface area contributed by atoms with Crippen LogP contribution < -0.4 is 10.5 Å². The lowest BCUT2D eigenvalue weighted by molar-refractivity contribution is -0.137. The smallest absolute Gasteiger partial charge is 0.419 e. The molecule has 7 heteroatoms. The van der Waals surface area contributed by atoms with E-state index in [2.05, 4.69) is 5.10 Å². The Labute approximate surface area is 107 Å². The summed E-state index contributed by atoms with van der Waals surface area (Å²) in [5.74, 6) is 0.420. The molecule has 4 nitrogen and oxygen atoms in total. The van der Waals surface area contributed by atoms with Crippen LogP contribution in [0.4, 0.5) is 18.9 Å². The standard InChI is InChI=1S/C12H12F3N3O/c1-2-19-10-5-3-4-9(11(10)16)18-7-8(6-17-18)12(13,14)15/h3-7H,2,16H2,1H3. The van der Waals surface area contributed by atoms with Gasteiger partial charge in [-0.25, -0.2) is 4.68 Å². The van der Waals surface area contributed by atoms with Crippen molar-refractivity contribution in [2.45, 2.75) is 13.1 Å². The van der Waals surface area contributed by atoms with Gasteiger partial charge in [-0.05, 0) is 19.1 Å². The molecule has 102 valence electrons. The van der Waals surface area contributed by atoms with Crippen molar-refractivity contribution >= 4 is 5.69 Å². The number of rotatable bonds is 3. The van der Waals surface area contributed by atoms with Crippen molar-refractivity contribution in [3.8, 4) is 11.4 Å². The van der Waals surface area contributed by atoms with Crippen molar-refractivity contribution in [3.05, 3.63) is 36.2 Å². The van der Waals surface area contributed by atoms with Gasteiger partial charge in [0.1, 0.15) is 11.4 Å². The highest BCUT2D eigenvalue weighted by Gasteiger charge is 2.32. The zero-order valence-corrected chi connectivity index (χ0v) is 10.1. The number of para-hydroxylation sites is 1. The predicted molar refractivity (Wildman–Crippen MR) is 64.1 cm³/mol. The molecule has 0 aliphatic heterocycles. The Morgan fingerprint density at radius 3 is 2.68 bits per heavy atom. The fourth-order valence-corrected chi connectivity index (χ4v) is 1.61. The first kappa shape index (κ1) is 13.3. The third-order valence-electron chi connectivity index (χ3n) is 2.50. The summed E-state index contributed by atoms with van der Waals surface area (Å²) in [5, 5.41) is 3.68. The molecule has 1 aromatic heterocycles. The lowest BCUT2D eigenvalue weighted by Gasteiger charge is -2.11. The number of nitrogens with two attached hydrogens (primary N) is 1. The Bertz CT molecular complexity index is 578. The topological polar surface area (TPSA) is 53.1 Å². The summed E-state index contributed by atoms with van der Waals surface area (Å²) >= 11 is 0. The van der Waals surface area contributed by atoms with E-state index in [1.54, 1.807) is 25.1 Å². The van der Waals surface area contributed by atoms with Gasteiger partial charge in [0, 0.05) is 6.20 Å². The first-order valence-electron chi connectivity index (χ1n) is 5.57. The van der Waals surface area contributed by atoms with E-state index in [1.165, 1.54) is 0 Å². The van der Waals surface area contributed by atoms with E-state index in [0.29, 0.717) is 18.0 Å². The van der Waals surface area contributed by atoms with Gasteiger partial charge in [0.25, 0.3) is 0 Å². The fourth-order valence-electron chi connectivity index (χ4n) is 1.61. The molecule has 19 heavy (non-hydrogen) atoms. The zero-order valence-electron chi connectivity index (χ0n) is 10.1. The number of nitrogen functional groups attached to an aromatic ring is 1. The summed E-state index contributed by atoms with van der Waals surface area (Å²) in [6.07, 6.45) is -2.78. The highest BCUT2D eigenvalue weighted by atomic mass is 19.4. The van der Waals surface area contributed by atoms with Crippen molar-refractivity contribution in [2.24, 2.45) is 0 Å². The molecule has 0 unspecified atom stereocenters. The molecule has 0 radical (unpaired) electrons. The molecular formula is C12H12F3N3O. The van der Waals surface area contributed by atoms with Crippen LogP contribution in [0.1, 0.15) is 12.5 Å². The van der Waals surface area contributed by atoms with Crippen LogP contribution in [-0.4, -0.2) is 16.4 Å². The molecule has 1 heterocycles. The molecule has 0 aliphatic rings. The molecule has 0 atom stereocenters. The number of benzene rings is 1. The van der Waals surface area contributed by atoms with Gasteiger partial charge >= 0.3 is 6.18 Å². The van der Waals surface area contributed by atoms with E-state index in [1.807, 2.05) is 0 Å². The first-order valence-corrected chi connectivity index (χ1v) is 5.57. The van der Waals surface area contributed by atoms with Crippen LogP contribution in [0, 0.1) is 0 Å². The maximum atomic E-state index is 12.5. The summed E-state index contributed by atoms with van der Waals surface area (Å²) < 4.78 is 43.9. The van der Waals surface area contributed by atoms with Crippen molar-refractivity contribution in [3.63, 3.8) is 0 Å². The summed E-state index contributed by atoms with van der Waals surface area (Å²) in [6, 6.07) is 4.87. The maximum absolute atomic E-state index is 12.5. The van der Waals surface area contributed by atoms with Gasteiger partial charge < -0.3 is 10.5 Å². The predicted octanol–water partition coefficient (Wildman–Crippen LogP) is 2.87. The van der Waals surface area contributed by atoms with E-state index >= 15 is 0 Å². The monoisotopic (exact) mass is 271 g/mol. The molecule has 2 aromatic rings. The molecule has 0 fully saturated rings. The third kappa shape index (κ3) is 2.64. The molecular weight excluding hydrogens is 259 g/mol. The minimum Gasteiger partial charge on any atom is -0.492 e. The Morgan fingerprint density at radius 2 is 2.11 bits per heavy atom. The second-order valence-electron chi connectivity index (χ2n) is 3.79. The molecule has 0 saturated heterocycles. The second-order valence-corrected chi connectivity index (χ2v) is 3.79. The average Bonchev–Trinajstić information content (AvgIpc) is 2.81. The highest BCUT2D eigenvalue weighted by molar-refractivity contribution is 5.66. The van der Waals surface area contributed by atoms with Crippen LogP contribution in [0.2, 0.25) is 0 Å².